The summed E-state index contributed by atoms with van der Waals surface area (Å²) in [6.07, 6.45) is 7.39. The Labute approximate surface area is 221 Å². The zero-order chi connectivity index (χ0) is 26.9. The SMILES string of the molecule is CCOc1ccc(S(=O)(=O)N2CCC(N=O)CC2)cc1-c1nn2c(C3CCCCCC3)nc(C)c2c(=O)[nH]1. The van der Waals surface area contributed by atoms with Crippen molar-refractivity contribution >= 4 is 15.5 Å². The highest BCUT2D eigenvalue weighted by molar-refractivity contribution is 7.89. The number of hydrogen-bond donors (Lipinski definition) is 1. The van der Waals surface area contributed by atoms with Gasteiger partial charge in [-0.05, 0) is 57.7 Å². The van der Waals surface area contributed by atoms with Gasteiger partial charge in [0, 0.05) is 19.0 Å². The summed E-state index contributed by atoms with van der Waals surface area (Å²) in [5.74, 6) is 1.63. The van der Waals surface area contributed by atoms with E-state index in [4.69, 9.17) is 14.8 Å². The molecule has 1 aliphatic carbocycles. The third-order valence-electron chi connectivity index (χ3n) is 7.64. The van der Waals surface area contributed by atoms with Gasteiger partial charge in [-0.2, -0.15) is 9.21 Å². The van der Waals surface area contributed by atoms with Gasteiger partial charge in [-0.1, -0.05) is 30.9 Å². The van der Waals surface area contributed by atoms with Crippen LogP contribution in [0.3, 0.4) is 0 Å². The Hall–Kier alpha value is -3.12. The summed E-state index contributed by atoms with van der Waals surface area (Å²) >= 11 is 0. The van der Waals surface area contributed by atoms with Crippen molar-refractivity contribution in [1.29, 1.82) is 0 Å². The Balaban J connectivity index is 1.60. The van der Waals surface area contributed by atoms with E-state index in [1.807, 2.05) is 13.8 Å². The van der Waals surface area contributed by atoms with Gasteiger partial charge in [0.25, 0.3) is 5.56 Å². The van der Waals surface area contributed by atoms with Crippen molar-refractivity contribution in [3.8, 4) is 17.1 Å². The highest BCUT2D eigenvalue weighted by Crippen LogP contribution is 2.34. The number of aromatic amines is 1. The summed E-state index contributed by atoms with van der Waals surface area (Å²) in [6, 6.07) is 4.24. The maximum absolute atomic E-state index is 13.5. The lowest BCUT2D eigenvalue weighted by Crippen LogP contribution is -2.39. The van der Waals surface area contributed by atoms with E-state index >= 15 is 0 Å². The van der Waals surface area contributed by atoms with Crippen LogP contribution in [0.15, 0.2) is 33.1 Å². The quantitative estimate of drug-likeness (QED) is 0.349. The summed E-state index contributed by atoms with van der Waals surface area (Å²) in [4.78, 5) is 31.8. The lowest BCUT2D eigenvalue weighted by Gasteiger charge is -2.28. The van der Waals surface area contributed by atoms with Crippen molar-refractivity contribution in [2.45, 2.75) is 82.1 Å². The molecule has 38 heavy (non-hydrogen) atoms. The van der Waals surface area contributed by atoms with Gasteiger partial charge < -0.3 is 9.72 Å². The number of aromatic nitrogens is 4. The molecule has 1 N–H and O–H groups in total. The molecule has 3 aromatic rings. The largest absolute Gasteiger partial charge is 0.493 e. The number of rotatable bonds is 7. The molecule has 204 valence electrons. The first-order valence-electron chi connectivity index (χ1n) is 13.4. The fourth-order valence-electron chi connectivity index (χ4n) is 5.59. The molecular formula is C26H34N6O5S. The third-order valence-corrected chi connectivity index (χ3v) is 9.53. The number of aryl methyl sites for hydroxylation is 1. The molecule has 2 aliphatic rings. The average Bonchev–Trinajstić information content (AvgIpc) is 3.07. The summed E-state index contributed by atoms with van der Waals surface area (Å²) in [5.41, 5.74) is 1.08. The molecule has 5 rings (SSSR count). The van der Waals surface area contributed by atoms with Crippen molar-refractivity contribution in [1.82, 2.24) is 23.9 Å². The molecule has 1 saturated carbocycles. The fourth-order valence-corrected chi connectivity index (χ4v) is 7.09. The van der Waals surface area contributed by atoms with E-state index in [1.54, 1.807) is 10.6 Å². The predicted molar refractivity (Wildman–Crippen MR) is 143 cm³/mol. The average molecular weight is 543 g/mol. The van der Waals surface area contributed by atoms with Gasteiger partial charge in [-0.25, -0.2) is 17.9 Å². The Morgan fingerprint density at radius 2 is 1.82 bits per heavy atom. The molecule has 0 atom stereocenters. The molecule has 1 aromatic carbocycles. The number of piperidine rings is 1. The fraction of sp³-hybridized carbons (Fsp3) is 0.577. The number of benzene rings is 1. The van der Waals surface area contributed by atoms with Crippen LogP contribution in [0.25, 0.3) is 16.9 Å². The van der Waals surface area contributed by atoms with Crippen molar-refractivity contribution in [2.75, 3.05) is 19.7 Å². The summed E-state index contributed by atoms with van der Waals surface area (Å²) < 4.78 is 35.8. The number of sulfonamides is 1. The van der Waals surface area contributed by atoms with Crippen LogP contribution in [-0.4, -0.2) is 58.0 Å². The second-order valence-corrected chi connectivity index (χ2v) is 12.1. The third kappa shape index (κ3) is 4.98. The van der Waals surface area contributed by atoms with Crippen LogP contribution in [0.4, 0.5) is 0 Å². The molecule has 0 spiro atoms. The molecule has 12 heteroatoms. The second kappa shape index (κ2) is 10.9. The number of imidazole rings is 1. The van der Waals surface area contributed by atoms with Crippen LogP contribution in [0, 0.1) is 11.8 Å². The monoisotopic (exact) mass is 542 g/mol. The summed E-state index contributed by atoms with van der Waals surface area (Å²) in [5, 5.41) is 7.86. The molecule has 1 aliphatic heterocycles. The van der Waals surface area contributed by atoms with Crippen LogP contribution in [0.1, 0.15) is 75.7 Å². The number of nitroso groups, excluding NO2 is 1. The van der Waals surface area contributed by atoms with Crippen LogP contribution in [-0.2, 0) is 10.0 Å². The van der Waals surface area contributed by atoms with Crippen molar-refractivity contribution in [3.63, 3.8) is 0 Å². The number of H-pyrrole nitrogens is 1. The molecule has 2 fully saturated rings. The standard InChI is InChI=1S/C26H34N6O5S/c1-3-37-22-11-10-20(38(35,36)31-14-12-19(30-34)13-15-31)16-21(22)24-28-26(33)23-17(2)27-25(32(23)29-24)18-8-6-4-5-7-9-18/h10-11,16,18-19H,3-9,12-15H2,1-2H3,(H,28,29,33). The predicted octanol–water partition coefficient (Wildman–Crippen LogP) is 4.15. The molecule has 11 nitrogen and oxygen atoms in total. The number of fused-ring (bicyclic) bond motifs is 1. The maximum atomic E-state index is 13.5. The van der Waals surface area contributed by atoms with Crippen LogP contribution in [0.2, 0.25) is 0 Å². The summed E-state index contributed by atoms with van der Waals surface area (Å²) in [7, 11) is -3.84. The Morgan fingerprint density at radius 1 is 1.11 bits per heavy atom. The molecule has 0 radical (unpaired) electrons. The van der Waals surface area contributed by atoms with E-state index in [-0.39, 0.29) is 41.3 Å². The number of nitrogens with one attached hydrogen (secondary N) is 1. The van der Waals surface area contributed by atoms with Gasteiger partial charge in [0.2, 0.25) is 10.0 Å². The van der Waals surface area contributed by atoms with E-state index in [0.717, 1.165) is 31.5 Å². The van der Waals surface area contributed by atoms with Crippen molar-refractivity contribution < 1.29 is 13.2 Å². The van der Waals surface area contributed by atoms with E-state index in [9.17, 15) is 18.1 Å². The molecule has 3 heterocycles. The molecule has 0 bridgehead atoms. The zero-order valence-electron chi connectivity index (χ0n) is 21.9. The lowest BCUT2D eigenvalue weighted by molar-refractivity contribution is 0.320. The maximum Gasteiger partial charge on any atom is 0.277 e. The summed E-state index contributed by atoms with van der Waals surface area (Å²) in [6.45, 7) is 4.45. The van der Waals surface area contributed by atoms with Gasteiger partial charge in [-0.15, -0.1) is 5.10 Å². The topological polar surface area (TPSA) is 139 Å². The van der Waals surface area contributed by atoms with Gasteiger partial charge in [0.05, 0.1) is 28.8 Å². The normalized spacial score (nSPS) is 18.5. The van der Waals surface area contributed by atoms with Gasteiger partial charge >= 0.3 is 0 Å². The Bertz CT molecular complexity index is 1480. The minimum atomic E-state index is -3.84. The highest BCUT2D eigenvalue weighted by atomic mass is 32.2. The number of ether oxygens (including phenoxy) is 1. The molecule has 0 amide bonds. The minimum Gasteiger partial charge on any atom is -0.493 e. The van der Waals surface area contributed by atoms with E-state index in [0.29, 0.717) is 42.0 Å². The first-order chi connectivity index (χ1) is 18.3. The smallest absolute Gasteiger partial charge is 0.277 e. The Kier molecular flexibility index (Phi) is 7.62. The first kappa shape index (κ1) is 26.5. The molecule has 1 saturated heterocycles. The van der Waals surface area contributed by atoms with E-state index < -0.39 is 10.0 Å². The second-order valence-electron chi connectivity index (χ2n) is 10.1. The molecule has 2 aromatic heterocycles. The first-order valence-corrected chi connectivity index (χ1v) is 14.9. The highest BCUT2D eigenvalue weighted by Gasteiger charge is 2.31. The van der Waals surface area contributed by atoms with Gasteiger partial charge in [-0.3, -0.25) is 4.79 Å². The van der Waals surface area contributed by atoms with Crippen molar-refractivity contribution in [2.24, 2.45) is 5.18 Å². The lowest BCUT2D eigenvalue weighted by atomic mass is 10.00. The minimum absolute atomic E-state index is 0.0713. The van der Waals surface area contributed by atoms with Crippen LogP contribution >= 0.6 is 0 Å². The molecule has 0 unspecified atom stereocenters. The van der Waals surface area contributed by atoms with Crippen molar-refractivity contribution in [3.05, 3.63) is 45.0 Å². The zero-order valence-corrected chi connectivity index (χ0v) is 22.7. The van der Waals surface area contributed by atoms with Crippen LogP contribution < -0.4 is 10.3 Å². The Morgan fingerprint density at radius 3 is 2.47 bits per heavy atom. The van der Waals surface area contributed by atoms with Gasteiger partial charge in [0.15, 0.2) is 11.3 Å². The number of hydrogen-bond acceptors (Lipinski definition) is 8. The van der Waals surface area contributed by atoms with E-state index in [2.05, 4.69) is 10.2 Å². The van der Waals surface area contributed by atoms with E-state index in [1.165, 1.54) is 29.3 Å². The molecular weight excluding hydrogens is 508 g/mol. The number of nitrogens with zero attached hydrogens (tertiary/aromatic N) is 5. The van der Waals surface area contributed by atoms with Gasteiger partial charge in [0.1, 0.15) is 11.6 Å². The van der Waals surface area contributed by atoms with Crippen LogP contribution in [0.5, 0.6) is 5.75 Å².